The van der Waals surface area contributed by atoms with Crippen molar-refractivity contribution in [2.45, 2.75) is 60.4 Å². The van der Waals surface area contributed by atoms with Gasteiger partial charge in [-0.1, -0.05) is 91.8 Å². The van der Waals surface area contributed by atoms with Gasteiger partial charge in [-0.3, -0.25) is 4.79 Å². The third-order valence-corrected chi connectivity index (χ3v) is 7.95. The van der Waals surface area contributed by atoms with E-state index in [0.717, 1.165) is 30.4 Å². The molecule has 4 rings (SSSR count). The zero-order chi connectivity index (χ0) is 32.9. The third kappa shape index (κ3) is 9.17. The molecular weight excluding hydrogens is 554 g/mol. The van der Waals surface area contributed by atoms with Crippen molar-refractivity contribution < 1.29 is 14.7 Å². The quantitative estimate of drug-likeness (QED) is 0.147. The van der Waals surface area contributed by atoms with E-state index in [1.54, 1.807) is 0 Å². The number of carboxylic acid groups (broad SMARTS) is 1. The molecule has 1 aliphatic rings. The zero-order valence-electron chi connectivity index (χ0n) is 27.0. The Morgan fingerprint density at radius 2 is 1.76 bits per heavy atom. The number of amides is 1. The molecule has 0 saturated heterocycles. The Labute approximate surface area is 268 Å². The molecule has 0 radical (unpaired) electrons. The second-order valence-corrected chi connectivity index (χ2v) is 11.2. The highest BCUT2D eigenvalue weighted by Crippen LogP contribution is 2.26. The number of fused-ring (bicyclic) bond motifs is 1. The van der Waals surface area contributed by atoms with E-state index in [-0.39, 0.29) is 11.5 Å². The Morgan fingerprint density at radius 3 is 2.38 bits per heavy atom. The fourth-order valence-corrected chi connectivity index (χ4v) is 5.12. The smallest absolute Gasteiger partial charge is 0.336 e. The van der Waals surface area contributed by atoms with Gasteiger partial charge in [0, 0.05) is 17.7 Å². The van der Waals surface area contributed by atoms with E-state index in [1.165, 1.54) is 57.2 Å². The number of aliphatic carboxylic acids is 1. The van der Waals surface area contributed by atoms with Gasteiger partial charge in [-0.25, -0.2) is 4.79 Å². The Kier molecular flexibility index (Phi) is 12.7. The molecule has 4 heteroatoms. The van der Waals surface area contributed by atoms with Crippen LogP contribution < -0.4 is 5.32 Å². The van der Waals surface area contributed by atoms with Crippen LogP contribution in [0.1, 0.15) is 83.4 Å². The number of carbonyl (C=O) groups excluding carboxylic acids is 1. The van der Waals surface area contributed by atoms with Crippen LogP contribution in [-0.2, 0) is 24.2 Å². The topological polar surface area (TPSA) is 66.4 Å². The number of rotatable bonds is 9. The predicted molar refractivity (Wildman–Crippen MR) is 189 cm³/mol. The molecule has 2 N–H and O–H groups in total. The first-order valence-corrected chi connectivity index (χ1v) is 15.2. The maximum atomic E-state index is 12.7. The van der Waals surface area contributed by atoms with E-state index in [9.17, 15) is 14.7 Å². The van der Waals surface area contributed by atoms with Crippen molar-refractivity contribution >= 4 is 29.1 Å². The van der Waals surface area contributed by atoms with Crippen LogP contribution in [0.2, 0.25) is 0 Å². The highest BCUT2D eigenvalue weighted by atomic mass is 16.4. The van der Waals surface area contributed by atoms with E-state index in [0.29, 0.717) is 17.7 Å². The number of aryl methyl sites for hydroxylation is 3. The van der Waals surface area contributed by atoms with Gasteiger partial charge in [0.15, 0.2) is 0 Å². The monoisotopic (exact) mass is 597 g/mol. The third-order valence-electron chi connectivity index (χ3n) is 7.95. The molecule has 4 nitrogen and oxygen atoms in total. The van der Waals surface area contributed by atoms with Crippen LogP contribution >= 0.6 is 0 Å². The number of hydrogen-bond donors (Lipinski definition) is 2. The van der Waals surface area contributed by atoms with Crippen LogP contribution in [0.3, 0.4) is 0 Å². The van der Waals surface area contributed by atoms with Crippen molar-refractivity contribution in [3.63, 3.8) is 0 Å². The van der Waals surface area contributed by atoms with E-state index in [4.69, 9.17) is 6.42 Å². The van der Waals surface area contributed by atoms with E-state index in [2.05, 4.69) is 82.8 Å². The number of allylic oxidation sites excluding steroid dienone is 6. The predicted octanol–water partition coefficient (Wildman–Crippen LogP) is 9.16. The van der Waals surface area contributed by atoms with Crippen molar-refractivity contribution in [1.29, 1.82) is 0 Å². The number of carbonyl (C=O) groups is 2. The molecule has 0 aliphatic heterocycles. The first-order chi connectivity index (χ1) is 21.6. The second-order valence-electron chi connectivity index (χ2n) is 11.2. The van der Waals surface area contributed by atoms with Gasteiger partial charge in [-0.05, 0) is 116 Å². The Balaban J connectivity index is 0.000000259. The van der Waals surface area contributed by atoms with Crippen molar-refractivity contribution in [2.75, 3.05) is 0 Å². The Bertz CT molecular complexity index is 1720. The summed E-state index contributed by atoms with van der Waals surface area (Å²) in [6.07, 6.45) is 17.1. The molecule has 0 spiro atoms. The normalized spacial score (nSPS) is 12.2. The summed E-state index contributed by atoms with van der Waals surface area (Å²) < 4.78 is 0. The molecule has 3 aromatic carbocycles. The Hall–Kier alpha value is -5.14. The molecule has 45 heavy (non-hydrogen) atoms. The summed E-state index contributed by atoms with van der Waals surface area (Å²) >= 11 is 0. The van der Waals surface area contributed by atoms with Gasteiger partial charge >= 0.3 is 5.97 Å². The Morgan fingerprint density at radius 1 is 1.04 bits per heavy atom. The highest BCUT2D eigenvalue weighted by Gasteiger charge is 2.15. The number of terminal acetylenes is 1. The van der Waals surface area contributed by atoms with Crippen LogP contribution in [0.25, 0.3) is 17.2 Å². The van der Waals surface area contributed by atoms with Gasteiger partial charge in [-0.2, -0.15) is 0 Å². The average Bonchev–Trinajstić information content (AvgIpc) is 3.05. The second kappa shape index (κ2) is 16.6. The lowest BCUT2D eigenvalue weighted by Gasteiger charge is -2.16. The fraction of sp³-hybridized carbons (Fsp3) is 0.220. The minimum atomic E-state index is -1.03. The SMILES string of the molecule is C#C/C=C(\C(=C/C=C)C(=O)O)c1ccc(CC)cc1.CC(C)=C(C)c1cc(C(=O)NCc2cccc3c2C=CCC3)ccc1C. The van der Waals surface area contributed by atoms with Crippen LogP contribution in [0.5, 0.6) is 0 Å². The van der Waals surface area contributed by atoms with Crippen LogP contribution in [0.15, 0.2) is 103 Å². The van der Waals surface area contributed by atoms with Gasteiger partial charge in [0.1, 0.15) is 0 Å². The molecule has 0 saturated carbocycles. The van der Waals surface area contributed by atoms with Crippen molar-refractivity contribution in [1.82, 2.24) is 5.32 Å². The molecule has 0 fully saturated rings. The summed E-state index contributed by atoms with van der Waals surface area (Å²) in [5.41, 5.74) is 12.0. The maximum absolute atomic E-state index is 12.7. The molecule has 0 unspecified atom stereocenters. The van der Waals surface area contributed by atoms with E-state index >= 15 is 0 Å². The highest BCUT2D eigenvalue weighted by molar-refractivity contribution is 6.06. The van der Waals surface area contributed by atoms with Crippen LogP contribution in [-0.4, -0.2) is 17.0 Å². The molecule has 1 aliphatic carbocycles. The molecule has 0 aromatic heterocycles. The van der Waals surface area contributed by atoms with E-state index < -0.39 is 5.97 Å². The van der Waals surface area contributed by atoms with Gasteiger partial charge < -0.3 is 10.4 Å². The number of hydrogen-bond acceptors (Lipinski definition) is 2. The molecular formula is C41H43NO3. The number of benzene rings is 3. The lowest BCUT2D eigenvalue weighted by Crippen LogP contribution is -2.23. The van der Waals surface area contributed by atoms with Gasteiger partial charge in [0.2, 0.25) is 0 Å². The molecule has 0 bridgehead atoms. The average molecular weight is 598 g/mol. The summed E-state index contributed by atoms with van der Waals surface area (Å²) in [5, 5.41) is 12.3. The standard InChI is InChI=1S/C24H27NO.C17H16O2/c1-16(2)18(4)23-14-20(13-12-17(23)3)24(26)25-15-21-10-7-9-19-8-5-6-11-22(19)21;1-4-7-15(16(8-5-2)17(18)19)14-11-9-13(6-3)10-12-14/h6-7,9-14H,5,8,15H2,1-4H3,(H,25,26);1,5,7-12H,2,6H2,3H3,(H,18,19)/b;15-7-,16-8+. The van der Waals surface area contributed by atoms with Crippen LogP contribution in [0, 0.1) is 19.3 Å². The fourth-order valence-electron chi connectivity index (χ4n) is 5.12. The largest absolute Gasteiger partial charge is 0.478 e. The van der Waals surface area contributed by atoms with Gasteiger partial charge in [0.25, 0.3) is 5.91 Å². The van der Waals surface area contributed by atoms with Crippen molar-refractivity contribution in [3.05, 3.63) is 147 Å². The maximum Gasteiger partial charge on any atom is 0.336 e. The summed E-state index contributed by atoms with van der Waals surface area (Å²) in [7, 11) is 0. The molecule has 0 heterocycles. The summed E-state index contributed by atoms with van der Waals surface area (Å²) in [6.45, 7) is 14.6. The lowest BCUT2D eigenvalue weighted by molar-refractivity contribution is -0.132. The van der Waals surface area contributed by atoms with Crippen LogP contribution in [0.4, 0.5) is 0 Å². The first kappa shape index (κ1) is 34.4. The molecule has 230 valence electrons. The van der Waals surface area contributed by atoms with E-state index in [1.807, 2.05) is 42.5 Å². The van der Waals surface area contributed by atoms with Gasteiger partial charge in [0.05, 0.1) is 5.57 Å². The molecule has 0 atom stereocenters. The minimum Gasteiger partial charge on any atom is -0.478 e. The summed E-state index contributed by atoms with van der Waals surface area (Å²) in [6, 6.07) is 20.0. The zero-order valence-corrected chi connectivity index (χ0v) is 27.0. The first-order valence-electron chi connectivity index (χ1n) is 15.2. The van der Waals surface area contributed by atoms with Crippen molar-refractivity contribution in [2.24, 2.45) is 0 Å². The number of nitrogens with one attached hydrogen (secondary N) is 1. The molecule has 3 aromatic rings. The summed E-state index contributed by atoms with van der Waals surface area (Å²) in [4.78, 5) is 24.0. The number of carboxylic acids is 1. The lowest BCUT2D eigenvalue weighted by atomic mass is 9.93. The van der Waals surface area contributed by atoms with Gasteiger partial charge in [-0.15, -0.1) is 6.42 Å². The molecule has 1 amide bonds. The minimum absolute atomic E-state index is 0.0230. The van der Waals surface area contributed by atoms with Crippen molar-refractivity contribution in [3.8, 4) is 12.3 Å². The summed E-state index contributed by atoms with van der Waals surface area (Å²) in [5.74, 6) is 1.34.